The lowest BCUT2D eigenvalue weighted by molar-refractivity contribution is 0.0978. The Morgan fingerprint density at radius 2 is 1.89 bits per heavy atom. The van der Waals surface area contributed by atoms with Crippen molar-refractivity contribution in [2.75, 3.05) is 20.8 Å². The number of hydrogen-bond donors (Lipinski definition) is 1. The number of ketones is 1. The summed E-state index contributed by atoms with van der Waals surface area (Å²) in [5.74, 6) is 1.20. The summed E-state index contributed by atoms with van der Waals surface area (Å²) in [4.78, 5) is 12.1. The molecule has 0 bridgehead atoms. The number of Topliss-reactive ketones (excluding diaryl/α,β-unsaturated/α-hetero) is 1. The largest absolute Gasteiger partial charge is 0.497 e. The van der Waals surface area contributed by atoms with Gasteiger partial charge in [0.1, 0.15) is 11.5 Å². The average molecular weight is 251 g/mol. The Hall–Kier alpha value is -1.55. The van der Waals surface area contributed by atoms with Crippen LogP contribution in [0.25, 0.3) is 0 Å². The van der Waals surface area contributed by atoms with Crippen LogP contribution in [0, 0.1) is 0 Å². The van der Waals surface area contributed by atoms with Gasteiger partial charge in [-0.1, -0.05) is 0 Å². The van der Waals surface area contributed by atoms with Crippen LogP contribution in [0.1, 0.15) is 31.1 Å². The molecule has 1 rings (SSSR count). The van der Waals surface area contributed by atoms with Crippen LogP contribution in [0.5, 0.6) is 11.5 Å². The van der Waals surface area contributed by atoms with Gasteiger partial charge in [0.05, 0.1) is 26.3 Å². The van der Waals surface area contributed by atoms with Gasteiger partial charge < -0.3 is 14.8 Å². The zero-order valence-electron chi connectivity index (χ0n) is 11.7. The van der Waals surface area contributed by atoms with E-state index in [1.807, 2.05) is 20.8 Å². The molecule has 1 N–H and O–H groups in total. The highest BCUT2D eigenvalue weighted by Crippen LogP contribution is 2.24. The molecule has 4 nitrogen and oxygen atoms in total. The Morgan fingerprint density at radius 1 is 1.22 bits per heavy atom. The molecule has 0 aliphatic carbocycles. The van der Waals surface area contributed by atoms with E-state index in [1.54, 1.807) is 32.4 Å². The molecule has 0 atom stereocenters. The van der Waals surface area contributed by atoms with Crippen LogP contribution in [0.2, 0.25) is 0 Å². The fourth-order valence-electron chi connectivity index (χ4n) is 1.47. The Balaban J connectivity index is 2.89. The monoisotopic (exact) mass is 251 g/mol. The van der Waals surface area contributed by atoms with Crippen molar-refractivity contribution in [1.82, 2.24) is 5.32 Å². The highest BCUT2D eigenvalue weighted by atomic mass is 16.5. The van der Waals surface area contributed by atoms with Gasteiger partial charge in [-0.25, -0.2) is 0 Å². The first kappa shape index (κ1) is 14.5. The van der Waals surface area contributed by atoms with Crippen LogP contribution >= 0.6 is 0 Å². The smallest absolute Gasteiger partial charge is 0.180 e. The third kappa shape index (κ3) is 4.04. The minimum atomic E-state index is -0.0955. The fourth-order valence-corrected chi connectivity index (χ4v) is 1.47. The third-order valence-corrected chi connectivity index (χ3v) is 2.49. The molecule has 1 aromatic carbocycles. The van der Waals surface area contributed by atoms with Crippen LogP contribution in [0.15, 0.2) is 18.2 Å². The summed E-state index contributed by atoms with van der Waals surface area (Å²) < 4.78 is 10.3. The van der Waals surface area contributed by atoms with Crippen molar-refractivity contribution in [3.05, 3.63) is 23.8 Å². The van der Waals surface area contributed by atoms with Crippen LogP contribution in [-0.2, 0) is 0 Å². The number of ether oxygens (including phenoxy) is 2. The van der Waals surface area contributed by atoms with Gasteiger partial charge >= 0.3 is 0 Å². The lowest BCUT2D eigenvalue weighted by Gasteiger charge is -2.20. The minimum absolute atomic E-state index is 0.0133. The number of nitrogens with one attached hydrogen (secondary N) is 1. The topological polar surface area (TPSA) is 47.6 Å². The molecule has 0 saturated heterocycles. The molecule has 18 heavy (non-hydrogen) atoms. The number of hydrogen-bond acceptors (Lipinski definition) is 4. The van der Waals surface area contributed by atoms with Crippen molar-refractivity contribution in [1.29, 1.82) is 0 Å². The van der Waals surface area contributed by atoms with E-state index < -0.39 is 0 Å². The SMILES string of the molecule is COc1ccc(OC)c(C(=O)CNC(C)(C)C)c1. The first-order valence-electron chi connectivity index (χ1n) is 5.87. The molecule has 0 heterocycles. The van der Waals surface area contributed by atoms with Crippen LogP contribution < -0.4 is 14.8 Å². The van der Waals surface area contributed by atoms with E-state index in [4.69, 9.17) is 9.47 Å². The molecular formula is C14H21NO3. The standard InChI is InChI=1S/C14H21NO3/c1-14(2,3)15-9-12(16)11-8-10(17-4)6-7-13(11)18-5/h6-8,15H,9H2,1-5H3. The predicted molar refractivity (Wildman–Crippen MR) is 71.6 cm³/mol. The normalized spacial score (nSPS) is 11.2. The third-order valence-electron chi connectivity index (χ3n) is 2.49. The number of methoxy groups -OCH3 is 2. The summed E-state index contributed by atoms with van der Waals surface area (Å²) in [6.45, 7) is 6.32. The van der Waals surface area contributed by atoms with Crippen molar-refractivity contribution in [3.63, 3.8) is 0 Å². The van der Waals surface area contributed by atoms with E-state index in [0.29, 0.717) is 17.1 Å². The van der Waals surface area contributed by atoms with Gasteiger partial charge in [-0.15, -0.1) is 0 Å². The molecular weight excluding hydrogens is 230 g/mol. The second kappa shape index (κ2) is 5.87. The van der Waals surface area contributed by atoms with E-state index in [9.17, 15) is 4.79 Å². The second-order valence-corrected chi connectivity index (χ2v) is 5.09. The predicted octanol–water partition coefficient (Wildman–Crippen LogP) is 2.27. The number of rotatable bonds is 5. The van der Waals surface area contributed by atoms with Gasteiger partial charge in [0.15, 0.2) is 5.78 Å². The molecule has 0 aliphatic rings. The van der Waals surface area contributed by atoms with Crippen molar-refractivity contribution in [3.8, 4) is 11.5 Å². The minimum Gasteiger partial charge on any atom is -0.497 e. The Morgan fingerprint density at radius 3 is 2.39 bits per heavy atom. The summed E-state index contributed by atoms with van der Waals surface area (Å²) >= 11 is 0. The molecule has 0 aliphatic heterocycles. The van der Waals surface area contributed by atoms with Gasteiger partial charge in [-0.2, -0.15) is 0 Å². The van der Waals surface area contributed by atoms with E-state index in [2.05, 4.69) is 5.32 Å². The maximum Gasteiger partial charge on any atom is 0.180 e. The zero-order chi connectivity index (χ0) is 13.8. The Kier molecular flexibility index (Phi) is 4.73. The van der Waals surface area contributed by atoms with Crippen molar-refractivity contribution >= 4 is 5.78 Å². The molecule has 1 aromatic rings. The summed E-state index contributed by atoms with van der Waals surface area (Å²) in [7, 11) is 3.12. The summed E-state index contributed by atoms with van der Waals surface area (Å²) in [5, 5.41) is 3.16. The molecule has 0 unspecified atom stereocenters. The van der Waals surface area contributed by atoms with Gasteiger partial charge in [-0.05, 0) is 39.0 Å². The summed E-state index contributed by atoms with van der Waals surface area (Å²) in [6, 6.07) is 5.21. The Bertz CT molecular complexity index is 422. The van der Waals surface area contributed by atoms with E-state index in [0.717, 1.165) is 0 Å². The quantitative estimate of drug-likeness (QED) is 0.816. The van der Waals surface area contributed by atoms with Crippen LogP contribution in [0.3, 0.4) is 0 Å². The van der Waals surface area contributed by atoms with Crippen molar-refractivity contribution in [2.45, 2.75) is 26.3 Å². The lowest BCUT2D eigenvalue weighted by Crippen LogP contribution is -2.39. The molecule has 0 aromatic heterocycles. The molecule has 0 amide bonds. The van der Waals surface area contributed by atoms with Gasteiger partial charge in [0.2, 0.25) is 0 Å². The molecule has 0 fully saturated rings. The number of carbonyl (C=O) groups excluding carboxylic acids is 1. The molecule has 0 saturated carbocycles. The number of benzene rings is 1. The molecule has 0 radical (unpaired) electrons. The fraction of sp³-hybridized carbons (Fsp3) is 0.500. The molecule has 4 heteroatoms. The van der Waals surface area contributed by atoms with Crippen LogP contribution in [0.4, 0.5) is 0 Å². The average Bonchev–Trinajstić information content (AvgIpc) is 2.34. The Labute approximate surface area is 108 Å². The van der Waals surface area contributed by atoms with E-state index in [1.165, 1.54) is 0 Å². The van der Waals surface area contributed by atoms with E-state index in [-0.39, 0.29) is 17.9 Å². The summed E-state index contributed by atoms with van der Waals surface area (Å²) in [5.41, 5.74) is 0.440. The van der Waals surface area contributed by atoms with Crippen molar-refractivity contribution in [2.24, 2.45) is 0 Å². The van der Waals surface area contributed by atoms with Gasteiger partial charge in [0, 0.05) is 5.54 Å². The van der Waals surface area contributed by atoms with Gasteiger partial charge in [0.25, 0.3) is 0 Å². The lowest BCUT2D eigenvalue weighted by atomic mass is 10.1. The molecule has 100 valence electrons. The first-order valence-corrected chi connectivity index (χ1v) is 5.87. The first-order chi connectivity index (χ1) is 8.37. The van der Waals surface area contributed by atoms with E-state index >= 15 is 0 Å². The maximum atomic E-state index is 12.1. The van der Waals surface area contributed by atoms with Crippen molar-refractivity contribution < 1.29 is 14.3 Å². The van der Waals surface area contributed by atoms with Crippen LogP contribution in [-0.4, -0.2) is 32.1 Å². The molecule has 0 spiro atoms. The number of carbonyl (C=O) groups is 1. The highest BCUT2D eigenvalue weighted by molar-refractivity contribution is 6.00. The van der Waals surface area contributed by atoms with Gasteiger partial charge in [-0.3, -0.25) is 4.79 Å². The summed E-state index contributed by atoms with van der Waals surface area (Å²) in [6.07, 6.45) is 0. The zero-order valence-corrected chi connectivity index (χ0v) is 11.7. The highest BCUT2D eigenvalue weighted by Gasteiger charge is 2.16. The maximum absolute atomic E-state index is 12.1. The second-order valence-electron chi connectivity index (χ2n) is 5.09.